The number of ketones is 1. The number of ether oxygens (including phenoxy) is 1. The number of rotatable bonds is 6. The molecule has 2 heterocycles. The number of hydrogen-bond donors (Lipinski definition) is 1. The molecule has 4 rings (SSSR count). The standard InChI is InChI=1S/C25H25FN2O2/c1-16(18-7-5-4-6-8-18)27-14-25(3)15-30-24-21(25)13-22(17(2)29)28-23(24)19-9-11-20(26)12-10-19/h4-13,16,27H,14-15H2,1-3H3/t16-,25-/m0/s1. The molecule has 2 aromatic carbocycles. The van der Waals surface area contributed by atoms with Gasteiger partial charge in [-0.3, -0.25) is 4.79 Å². The first-order valence-corrected chi connectivity index (χ1v) is 10.1. The number of hydrogen-bond acceptors (Lipinski definition) is 4. The van der Waals surface area contributed by atoms with Crippen molar-refractivity contribution in [2.75, 3.05) is 13.2 Å². The first kappa shape index (κ1) is 20.2. The van der Waals surface area contributed by atoms with Crippen LogP contribution >= 0.6 is 0 Å². The van der Waals surface area contributed by atoms with Gasteiger partial charge in [0, 0.05) is 36.1 Å². The number of carbonyl (C=O) groups is 1. The Labute approximate surface area is 176 Å². The van der Waals surface area contributed by atoms with E-state index in [0.717, 1.165) is 11.1 Å². The van der Waals surface area contributed by atoms with Gasteiger partial charge in [0.1, 0.15) is 23.0 Å². The van der Waals surface area contributed by atoms with Gasteiger partial charge >= 0.3 is 0 Å². The van der Waals surface area contributed by atoms with E-state index in [2.05, 4.69) is 36.3 Å². The molecule has 1 aliphatic rings. The molecule has 0 bridgehead atoms. The Bertz CT molecular complexity index is 1070. The van der Waals surface area contributed by atoms with Crippen molar-refractivity contribution in [3.8, 4) is 17.0 Å². The lowest BCUT2D eigenvalue weighted by molar-refractivity contribution is 0.101. The van der Waals surface area contributed by atoms with Crippen molar-refractivity contribution < 1.29 is 13.9 Å². The van der Waals surface area contributed by atoms with Crippen molar-refractivity contribution in [3.05, 3.63) is 83.3 Å². The normalized spacial score (nSPS) is 18.5. The van der Waals surface area contributed by atoms with Gasteiger partial charge in [-0.05, 0) is 42.8 Å². The number of nitrogens with zero attached hydrogens (tertiary/aromatic N) is 1. The molecule has 0 unspecified atom stereocenters. The van der Waals surface area contributed by atoms with Crippen LogP contribution in [0.5, 0.6) is 5.75 Å². The van der Waals surface area contributed by atoms with Gasteiger partial charge in [-0.15, -0.1) is 0 Å². The maximum atomic E-state index is 13.4. The summed E-state index contributed by atoms with van der Waals surface area (Å²) >= 11 is 0. The van der Waals surface area contributed by atoms with E-state index in [4.69, 9.17) is 4.74 Å². The van der Waals surface area contributed by atoms with Gasteiger partial charge in [0.2, 0.25) is 0 Å². The molecule has 0 fully saturated rings. The highest BCUT2D eigenvalue weighted by molar-refractivity contribution is 5.93. The summed E-state index contributed by atoms with van der Waals surface area (Å²) in [4.78, 5) is 16.7. The van der Waals surface area contributed by atoms with Crippen LogP contribution in [0.4, 0.5) is 4.39 Å². The number of pyridine rings is 1. The number of halogens is 1. The Morgan fingerprint density at radius 3 is 2.57 bits per heavy atom. The Kier molecular flexibility index (Phi) is 5.39. The highest BCUT2D eigenvalue weighted by Crippen LogP contribution is 2.44. The van der Waals surface area contributed by atoms with E-state index in [-0.39, 0.29) is 23.1 Å². The maximum absolute atomic E-state index is 13.4. The van der Waals surface area contributed by atoms with Crippen LogP contribution in [0.2, 0.25) is 0 Å². The van der Waals surface area contributed by atoms with Gasteiger partial charge in [0.05, 0.1) is 6.61 Å². The fourth-order valence-corrected chi connectivity index (χ4v) is 3.80. The highest BCUT2D eigenvalue weighted by atomic mass is 19.1. The van der Waals surface area contributed by atoms with Crippen LogP contribution in [0.3, 0.4) is 0 Å². The summed E-state index contributed by atoms with van der Waals surface area (Å²) < 4.78 is 19.5. The third kappa shape index (κ3) is 3.85. The molecule has 0 aliphatic carbocycles. The minimum Gasteiger partial charge on any atom is -0.490 e. The van der Waals surface area contributed by atoms with Crippen LogP contribution < -0.4 is 10.1 Å². The second-order valence-corrected chi connectivity index (χ2v) is 8.16. The average molecular weight is 404 g/mol. The molecule has 154 valence electrons. The molecular formula is C25H25FN2O2. The van der Waals surface area contributed by atoms with Crippen LogP contribution in [0.25, 0.3) is 11.3 Å². The lowest BCUT2D eigenvalue weighted by Gasteiger charge is -2.26. The Morgan fingerprint density at radius 1 is 1.20 bits per heavy atom. The average Bonchev–Trinajstić information content (AvgIpc) is 3.10. The monoisotopic (exact) mass is 404 g/mol. The molecule has 1 aromatic heterocycles. The van der Waals surface area contributed by atoms with Gasteiger partial charge in [0.25, 0.3) is 0 Å². The molecule has 30 heavy (non-hydrogen) atoms. The molecule has 0 saturated carbocycles. The number of fused-ring (bicyclic) bond motifs is 1. The fraction of sp³-hybridized carbons (Fsp3) is 0.280. The van der Waals surface area contributed by atoms with Gasteiger partial charge in [-0.25, -0.2) is 9.37 Å². The van der Waals surface area contributed by atoms with Crippen LogP contribution in [0, 0.1) is 5.82 Å². The Balaban J connectivity index is 1.68. The molecule has 0 spiro atoms. The summed E-state index contributed by atoms with van der Waals surface area (Å²) in [6, 6.07) is 18.4. The molecule has 0 radical (unpaired) electrons. The molecule has 5 heteroatoms. The van der Waals surface area contributed by atoms with Crippen molar-refractivity contribution in [2.45, 2.75) is 32.2 Å². The summed E-state index contributed by atoms with van der Waals surface area (Å²) in [5.41, 5.74) is 3.55. The molecule has 0 amide bonds. The Morgan fingerprint density at radius 2 is 1.90 bits per heavy atom. The zero-order chi connectivity index (χ0) is 21.3. The van der Waals surface area contributed by atoms with E-state index >= 15 is 0 Å². The van der Waals surface area contributed by atoms with Crippen LogP contribution in [-0.4, -0.2) is 23.9 Å². The summed E-state index contributed by atoms with van der Waals surface area (Å²) in [6.45, 7) is 6.93. The van der Waals surface area contributed by atoms with Crippen LogP contribution in [0.15, 0.2) is 60.7 Å². The molecule has 0 saturated heterocycles. The van der Waals surface area contributed by atoms with Crippen molar-refractivity contribution in [1.29, 1.82) is 0 Å². The zero-order valence-corrected chi connectivity index (χ0v) is 17.4. The molecule has 4 nitrogen and oxygen atoms in total. The fourth-order valence-electron chi connectivity index (χ4n) is 3.80. The molecule has 2 atom stereocenters. The molecular weight excluding hydrogens is 379 g/mol. The smallest absolute Gasteiger partial charge is 0.178 e. The van der Waals surface area contributed by atoms with Gasteiger partial charge in [0.15, 0.2) is 5.78 Å². The second kappa shape index (κ2) is 8.00. The summed E-state index contributed by atoms with van der Waals surface area (Å²) in [5.74, 6) is 0.243. The van der Waals surface area contributed by atoms with E-state index in [1.54, 1.807) is 12.1 Å². The quantitative estimate of drug-likeness (QED) is 0.582. The number of aromatic nitrogens is 1. The van der Waals surface area contributed by atoms with Crippen molar-refractivity contribution >= 4 is 5.78 Å². The van der Waals surface area contributed by atoms with E-state index in [0.29, 0.717) is 30.3 Å². The first-order chi connectivity index (χ1) is 14.4. The summed E-state index contributed by atoms with van der Waals surface area (Å²) in [7, 11) is 0. The Hall–Kier alpha value is -3.05. The minimum atomic E-state index is -0.319. The summed E-state index contributed by atoms with van der Waals surface area (Å²) in [5, 5.41) is 3.60. The topological polar surface area (TPSA) is 51.2 Å². The molecule has 1 N–H and O–H groups in total. The highest BCUT2D eigenvalue weighted by Gasteiger charge is 2.39. The van der Waals surface area contributed by atoms with E-state index in [9.17, 15) is 9.18 Å². The second-order valence-electron chi connectivity index (χ2n) is 8.16. The predicted molar refractivity (Wildman–Crippen MR) is 115 cm³/mol. The van der Waals surface area contributed by atoms with E-state index in [1.807, 2.05) is 24.3 Å². The third-order valence-corrected chi connectivity index (χ3v) is 5.73. The third-order valence-electron chi connectivity index (χ3n) is 5.73. The largest absolute Gasteiger partial charge is 0.490 e. The first-order valence-electron chi connectivity index (χ1n) is 10.1. The van der Waals surface area contributed by atoms with Gasteiger partial charge in [-0.1, -0.05) is 37.3 Å². The van der Waals surface area contributed by atoms with Crippen molar-refractivity contribution in [1.82, 2.24) is 10.3 Å². The van der Waals surface area contributed by atoms with Gasteiger partial charge < -0.3 is 10.1 Å². The van der Waals surface area contributed by atoms with Crippen molar-refractivity contribution in [3.63, 3.8) is 0 Å². The van der Waals surface area contributed by atoms with E-state index in [1.165, 1.54) is 24.6 Å². The van der Waals surface area contributed by atoms with Crippen molar-refractivity contribution in [2.24, 2.45) is 0 Å². The predicted octanol–water partition coefficient (Wildman–Crippen LogP) is 5.09. The number of Topliss-reactive ketones (excluding diaryl/α,β-unsaturated/α-hetero) is 1. The SMILES string of the molecule is CC(=O)c1cc2c(c(-c3ccc(F)cc3)n1)OC[C@]2(C)CN[C@@H](C)c1ccccc1. The van der Waals surface area contributed by atoms with Crippen LogP contribution in [-0.2, 0) is 5.41 Å². The van der Waals surface area contributed by atoms with Crippen LogP contribution in [0.1, 0.15) is 48.4 Å². The lowest BCUT2D eigenvalue weighted by Crippen LogP contribution is -2.38. The number of nitrogens with one attached hydrogen (secondary N) is 1. The molecule has 1 aliphatic heterocycles. The zero-order valence-electron chi connectivity index (χ0n) is 17.4. The molecule has 3 aromatic rings. The van der Waals surface area contributed by atoms with E-state index < -0.39 is 0 Å². The maximum Gasteiger partial charge on any atom is 0.178 e. The summed E-state index contributed by atoms with van der Waals surface area (Å²) in [6.07, 6.45) is 0. The van der Waals surface area contributed by atoms with Gasteiger partial charge in [-0.2, -0.15) is 0 Å². The number of carbonyl (C=O) groups excluding carboxylic acids is 1. The minimum absolute atomic E-state index is 0.110. The number of benzene rings is 2. The lowest BCUT2D eigenvalue weighted by atomic mass is 9.83.